The van der Waals surface area contributed by atoms with E-state index in [9.17, 15) is 9.59 Å². The first-order chi connectivity index (χ1) is 15.0. The third-order valence-electron chi connectivity index (χ3n) is 4.99. The quantitative estimate of drug-likeness (QED) is 0.212. The van der Waals surface area contributed by atoms with Crippen LogP contribution in [0.25, 0.3) is 0 Å². The van der Waals surface area contributed by atoms with Crippen molar-refractivity contribution in [1.29, 1.82) is 0 Å². The molecule has 0 saturated heterocycles. The minimum atomic E-state index is -0.532. The van der Waals surface area contributed by atoms with Gasteiger partial charge >= 0.3 is 5.97 Å². The summed E-state index contributed by atoms with van der Waals surface area (Å²) in [5.41, 5.74) is 3.42. The Balaban J connectivity index is 2.08. The van der Waals surface area contributed by atoms with Crippen molar-refractivity contribution < 1.29 is 14.3 Å². The second-order valence-electron chi connectivity index (χ2n) is 8.57. The molecule has 32 heavy (non-hydrogen) atoms. The maximum atomic E-state index is 13.1. The Morgan fingerprint density at radius 3 is 2.00 bits per heavy atom. The maximum Gasteiger partial charge on any atom is 0.343 e. The first-order valence-corrected chi connectivity index (χ1v) is 11.6. The highest BCUT2D eigenvalue weighted by molar-refractivity contribution is 8.14. The highest BCUT2D eigenvalue weighted by Gasteiger charge is 2.26. The van der Waals surface area contributed by atoms with Crippen LogP contribution in [0, 0.1) is 13.8 Å². The number of hydrogen-bond acceptors (Lipinski definition) is 4. The lowest BCUT2D eigenvalue weighted by molar-refractivity contribution is 0.0728. The fraction of sp³-hybridized carbons (Fsp3) is 0.231. The summed E-state index contributed by atoms with van der Waals surface area (Å²) < 4.78 is 5.83. The van der Waals surface area contributed by atoms with E-state index in [1.165, 1.54) is 0 Å². The first kappa shape index (κ1) is 24.4. The number of carbonyl (C=O) groups is 2. The average Bonchev–Trinajstić information content (AvgIpc) is 2.71. The van der Waals surface area contributed by atoms with Crippen molar-refractivity contribution in [3.63, 3.8) is 0 Å². The predicted molar refractivity (Wildman–Crippen MR) is 133 cm³/mol. The van der Waals surface area contributed by atoms with Gasteiger partial charge in [0.05, 0.1) is 10.5 Å². The molecule has 3 aromatic rings. The lowest BCUT2D eigenvalue weighted by Gasteiger charge is -2.26. The summed E-state index contributed by atoms with van der Waals surface area (Å²) in [7, 11) is 0. The average molecular weight is 487 g/mol. The van der Waals surface area contributed by atoms with E-state index >= 15 is 0 Å². The molecule has 0 unspecified atom stereocenters. The minimum absolute atomic E-state index is 0.154. The summed E-state index contributed by atoms with van der Waals surface area (Å²) in [6.07, 6.45) is 0. The zero-order valence-corrected chi connectivity index (χ0v) is 20.9. The molecule has 0 aromatic heterocycles. The van der Waals surface area contributed by atoms with E-state index < -0.39 is 5.97 Å². The largest absolute Gasteiger partial charge is 0.421 e. The Labute approximate surface area is 203 Å². The Bertz CT molecular complexity index is 1200. The summed E-state index contributed by atoms with van der Waals surface area (Å²) in [6, 6.07) is 15.4. The SMILES string of the molecule is Cc1cc(C(C)(C)C)c(C)c(SC(=O)c2cccc(Cl)c2)c1OC(=O)c1cccc(Cl)c1. The topological polar surface area (TPSA) is 43.4 Å². The molecule has 0 aliphatic heterocycles. The van der Waals surface area contributed by atoms with Crippen LogP contribution in [-0.4, -0.2) is 11.1 Å². The number of thioether (sulfide) groups is 1. The number of carbonyl (C=O) groups excluding carboxylic acids is 2. The van der Waals surface area contributed by atoms with Crippen LogP contribution in [0.1, 0.15) is 58.2 Å². The van der Waals surface area contributed by atoms with Gasteiger partial charge in [0, 0.05) is 15.6 Å². The van der Waals surface area contributed by atoms with E-state index in [-0.39, 0.29) is 10.5 Å². The number of rotatable bonds is 4. The molecule has 0 fully saturated rings. The Kier molecular flexibility index (Phi) is 7.39. The van der Waals surface area contributed by atoms with E-state index in [2.05, 4.69) is 20.8 Å². The van der Waals surface area contributed by atoms with E-state index in [1.807, 2.05) is 19.9 Å². The predicted octanol–water partition coefficient (Wildman–Crippen LogP) is 8.06. The molecule has 0 spiro atoms. The summed E-state index contributed by atoms with van der Waals surface area (Å²) in [6.45, 7) is 10.2. The van der Waals surface area contributed by atoms with Crippen molar-refractivity contribution in [2.45, 2.75) is 44.9 Å². The van der Waals surface area contributed by atoms with Gasteiger partial charge < -0.3 is 4.74 Å². The Morgan fingerprint density at radius 2 is 1.44 bits per heavy atom. The molecule has 3 nitrogen and oxygen atoms in total. The first-order valence-electron chi connectivity index (χ1n) is 10.1. The standard InChI is InChI=1S/C26H24Cl2O3S/c1-15-12-21(26(3,4)5)16(2)23(32-25(30)18-9-7-11-20(28)14-18)22(15)31-24(29)17-8-6-10-19(27)13-17/h6-14H,1-5H3. The molecule has 0 N–H and O–H groups in total. The van der Waals surface area contributed by atoms with Crippen molar-refractivity contribution in [1.82, 2.24) is 0 Å². The lowest BCUT2D eigenvalue weighted by Crippen LogP contribution is -2.16. The molecule has 0 aliphatic carbocycles. The molecular formula is C26H24Cl2O3S. The normalized spacial score (nSPS) is 11.3. The maximum absolute atomic E-state index is 13.1. The number of ether oxygens (including phenoxy) is 1. The van der Waals surface area contributed by atoms with Gasteiger partial charge in [0.1, 0.15) is 5.75 Å². The zero-order chi connectivity index (χ0) is 23.6. The summed E-state index contributed by atoms with van der Waals surface area (Å²) in [5.74, 6) is -0.156. The molecule has 0 saturated carbocycles. The van der Waals surface area contributed by atoms with Gasteiger partial charge in [-0.2, -0.15) is 0 Å². The summed E-state index contributed by atoms with van der Waals surface area (Å²) >= 11 is 13.1. The molecule has 0 amide bonds. The van der Waals surface area contributed by atoms with E-state index in [0.29, 0.717) is 31.8 Å². The van der Waals surface area contributed by atoms with Gasteiger partial charge in [-0.25, -0.2) is 4.79 Å². The fourth-order valence-corrected chi connectivity index (χ4v) is 4.79. The number of halogens is 2. The lowest BCUT2D eigenvalue weighted by atomic mass is 9.83. The molecule has 6 heteroatoms. The van der Waals surface area contributed by atoms with Gasteiger partial charge in [0.2, 0.25) is 5.12 Å². The van der Waals surface area contributed by atoms with E-state index in [4.69, 9.17) is 27.9 Å². The number of aryl methyl sites for hydroxylation is 1. The molecule has 3 rings (SSSR count). The van der Waals surface area contributed by atoms with Crippen LogP contribution in [0.2, 0.25) is 10.0 Å². The number of esters is 1. The molecule has 0 atom stereocenters. The fourth-order valence-electron chi connectivity index (χ4n) is 3.42. The molecule has 0 aliphatic rings. The smallest absolute Gasteiger partial charge is 0.343 e. The molecule has 3 aromatic carbocycles. The van der Waals surface area contributed by atoms with Gasteiger partial charge in [-0.3, -0.25) is 4.79 Å². The van der Waals surface area contributed by atoms with Crippen LogP contribution in [0.4, 0.5) is 0 Å². The number of hydrogen-bond donors (Lipinski definition) is 0. The van der Waals surface area contributed by atoms with Crippen molar-refractivity contribution >= 4 is 46.0 Å². The van der Waals surface area contributed by atoms with Gasteiger partial charge in [-0.05, 0) is 78.0 Å². The zero-order valence-electron chi connectivity index (χ0n) is 18.6. The molecule has 0 bridgehead atoms. The highest BCUT2D eigenvalue weighted by atomic mass is 35.5. The third-order valence-corrected chi connectivity index (χ3v) is 6.57. The summed E-state index contributed by atoms with van der Waals surface area (Å²) in [4.78, 5) is 26.6. The van der Waals surface area contributed by atoms with Crippen molar-refractivity contribution in [2.24, 2.45) is 0 Å². The monoisotopic (exact) mass is 486 g/mol. The molecular weight excluding hydrogens is 463 g/mol. The van der Waals surface area contributed by atoms with E-state index in [1.54, 1.807) is 48.5 Å². The molecule has 0 radical (unpaired) electrons. The molecule has 166 valence electrons. The van der Waals surface area contributed by atoms with Crippen LogP contribution in [-0.2, 0) is 5.41 Å². The second-order valence-corrected chi connectivity index (χ2v) is 10.4. The minimum Gasteiger partial charge on any atom is -0.421 e. The summed E-state index contributed by atoms with van der Waals surface area (Å²) in [5, 5.41) is 0.752. The van der Waals surface area contributed by atoms with Crippen molar-refractivity contribution in [3.05, 3.63) is 92.5 Å². The van der Waals surface area contributed by atoms with Gasteiger partial charge in [-0.1, -0.05) is 68.2 Å². The van der Waals surface area contributed by atoms with Crippen LogP contribution >= 0.6 is 35.0 Å². The van der Waals surface area contributed by atoms with E-state index in [0.717, 1.165) is 28.5 Å². The van der Waals surface area contributed by atoms with Gasteiger partial charge in [0.15, 0.2) is 0 Å². The van der Waals surface area contributed by atoms with Gasteiger partial charge in [0.25, 0.3) is 0 Å². The van der Waals surface area contributed by atoms with Crippen molar-refractivity contribution in [2.75, 3.05) is 0 Å². The highest BCUT2D eigenvalue weighted by Crippen LogP contribution is 2.42. The number of benzene rings is 3. The van der Waals surface area contributed by atoms with Crippen LogP contribution < -0.4 is 4.74 Å². The van der Waals surface area contributed by atoms with Crippen LogP contribution in [0.5, 0.6) is 5.75 Å². The van der Waals surface area contributed by atoms with Gasteiger partial charge in [-0.15, -0.1) is 0 Å². The Morgan fingerprint density at radius 1 is 0.875 bits per heavy atom. The van der Waals surface area contributed by atoms with Crippen molar-refractivity contribution in [3.8, 4) is 5.75 Å². The third kappa shape index (κ3) is 5.55. The van der Waals surface area contributed by atoms with Crippen LogP contribution in [0.3, 0.4) is 0 Å². The Hall–Kier alpha value is -2.27. The second kappa shape index (κ2) is 9.70. The van der Waals surface area contributed by atoms with Crippen LogP contribution in [0.15, 0.2) is 59.5 Å². The molecule has 0 heterocycles.